The quantitative estimate of drug-likeness (QED) is 0.706. The standard InChI is InChI=1S/C18H24N.ClH/c1-3-5-13-19-14-11-17(12-15-19)18(4-2)16-9-7-6-8-10-16;/h6-12,14-15,18H,3-5,13H2,1-2H3;1H/q+1;/p-1. The summed E-state index contributed by atoms with van der Waals surface area (Å²) < 4.78 is 2.28. The van der Waals surface area contributed by atoms with E-state index < -0.39 is 0 Å². The molecule has 1 unspecified atom stereocenters. The molecule has 0 aliphatic heterocycles. The van der Waals surface area contributed by atoms with Crippen molar-refractivity contribution in [3.8, 4) is 0 Å². The highest BCUT2D eigenvalue weighted by Crippen LogP contribution is 2.26. The molecule has 2 heteroatoms. The summed E-state index contributed by atoms with van der Waals surface area (Å²) in [7, 11) is 0. The minimum Gasteiger partial charge on any atom is -1.00 e. The molecule has 0 bridgehead atoms. The minimum atomic E-state index is 0. The van der Waals surface area contributed by atoms with E-state index in [2.05, 4.69) is 73.3 Å². The number of benzene rings is 1. The van der Waals surface area contributed by atoms with Gasteiger partial charge in [0.2, 0.25) is 0 Å². The fourth-order valence-electron chi connectivity index (χ4n) is 2.54. The molecule has 2 aromatic rings. The van der Waals surface area contributed by atoms with E-state index >= 15 is 0 Å². The molecule has 0 fully saturated rings. The predicted molar refractivity (Wildman–Crippen MR) is 80.1 cm³/mol. The van der Waals surface area contributed by atoms with Gasteiger partial charge in [-0.3, -0.25) is 0 Å². The summed E-state index contributed by atoms with van der Waals surface area (Å²) in [5.41, 5.74) is 2.83. The monoisotopic (exact) mass is 289 g/mol. The van der Waals surface area contributed by atoms with E-state index in [0.29, 0.717) is 5.92 Å². The number of halogens is 1. The van der Waals surface area contributed by atoms with E-state index in [1.54, 1.807) is 0 Å². The Kier molecular flexibility index (Phi) is 7.32. The Hall–Kier alpha value is -1.34. The third-order valence-electron chi connectivity index (χ3n) is 3.70. The molecular weight excluding hydrogens is 266 g/mol. The lowest BCUT2D eigenvalue weighted by Crippen LogP contribution is -3.00. The van der Waals surface area contributed by atoms with Gasteiger partial charge in [0, 0.05) is 24.5 Å². The Morgan fingerprint density at radius 1 is 0.900 bits per heavy atom. The number of hydrogen-bond acceptors (Lipinski definition) is 0. The number of rotatable bonds is 6. The van der Waals surface area contributed by atoms with Crippen LogP contribution in [-0.2, 0) is 6.54 Å². The Labute approximate surface area is 129 Å². The van der Waals surface area contributed by atoms with Gasteiger partial charge in [-0.2, -0.15) is 0 Å². The Bertz CT molecular complexity index is 479. The number of aromatic nitrogens is 1. The van der Waals surface area contributed by atoms with Crippen molar-refractivity contribution in [1.82, 2.24) is 0 Å². The third kappa shape index (κ3) is 4.35. The molecule has 1 aromatic carbocycles. The van der Waals surface area contributed by atoms with Crippen molar-refractivity contribution in [2.75, 3.05) is 0 Å². The van der Waals surface area contributed by atoms with Gasteiger partial charge in [-0.15, -0.1) is 0 Å². The minimum absolute atomic E-state index is 0. The maximum atomic E-state index is 2.28. The largest absolute Gasteiger partial charge is 1.00 e. The lowest BCUT2D eigenvalue weighted by atomic mass is 9.90. The first-order chi connectivity index (χ1) is 9.35. The van der Waals surface area contributed by atoms with Crippen LogP contribution in [0.5, 0.6) is 0 Å². The van der Waals surface area contributed by atoms with Gasteiger partial charge in [0.15, 0.2) is 12.4 Å². The van der Waals surface area contributed by atoms with Crippen LogP contribution in [0.25, 0.3) is 0 Å². The van der Waals surface area contributed by atoms with Crippen LogP contribution < -0.4 is 17.0 Å². The van der Waals surface area contributed by atoms with Gasteiger partial charge in [-0.25, -0.2) is 4.57 Å². The summed E-state index contributed by atoms with van der Waals surface area (Å²) in [5, 5.41) is 0. The zero-order chi connectivity index (χ0) is 13.5. The van der Waals surface area contributed by atoms with Crippen molar-refractivity contribution in [3.05, 3.63) is 66.0 Å². The van der Waals surface area contributed by atoms with E-state index in [4.69, 9.17) is 0 Å². The first-order valence-corrected chi connectivity index (χ1v) is 7.39. The van der Waals surface area contributed by atoms with Gasteiger partial charge in [-0.1, -0.05) is 50.6 Å². The van der Waals surface area contributed by atoms with Gasteiger partial charge in [0.25, 0.3) is 0 Å². The van der Waals surface area contributed by atoms with Crippen LogP contribution in [0.15, 0.2) is 54.9 Å². The molecular formula is C18H24ClN. The van der Waals surface area contributed by atoms with Crippen LogP contribution >= 0.6 is 0 Å². The summed E-state index contributed by atoms with van der Waals surface area (Å²) in [5.74, 6) is 0.516. The first-order valence-electron chi connectivity index (χ1n) is 7.39. The van der Waals surface area contributed by atoms with E-state index in [1.807, 2.05) is 0 Å². The smallest absolute Gasteiger partial charge is 0.169 e. The fraction of sp³-hybridized carbons (Fsp3) is 0.389. The van der Waals surface area contributed by atoms with Gasteiger partial charge in [0.1, 0.15) is 6.54 Å². The topological polar surface area (TPSA) is 3.88 Å². The second-order valence-electron chi connectivity index (χ2n) is 5.09. The highest BCUT2D eigenvalue weighted by atomic mass is 35.5. The number of pyridine rings is 1. The van der Waals surface area contributed by atoms with E-state index in [0.717, 1.165) is 13.0 Å². The second kappa shape index (κ2) is 8.76. The molecule has 0 aliphatic carbocycles. The molecule has 0 N–H and O–H groups in total. The lowest BCUT2D eigenvalue weighted by molar-refractivity contribution is -0.697. The maximum Gasteiger partial charge on any atom is 0.169 e. The van der Waals surface area contributed by atoms with E-state index in [9.17, 15) is 0 Å². The summed E-state index contributed by atoms with van der Waals surface area (Å²) in [6, 6.07) is 15.3. The molecule has 1 aromatic heterocycles. The van der Waals surface area contributed by atoms with Crippen molar-refractivity contribution < 1.29 is 17.0 Å². The molecule has 0 saturated heterocycles. The molecule has 0 aliphatic rings. The Morgan fingerprint density at radius 3 is 2.05 bits per heavy atom. The number of nitrogens with zero attached hydrogens (tertiary/aromatic N) is 1. The summed E-state index contributed by atoms with van der Waals surface area (Å²) >= 11 is 0. The first kappa shape index (κ1) is 16.7. The molecule has 108 valence electrons. The molecule has 0 radical (unpaired) electrons. The van der Waals surface area contributed by atoms with Crippen molar-refractivity contribution >= 4 is 0 Å². The maximum absolute atomic E-state index is 2.28. The highest BCUT2D eigenvalue weighted by Gasteiger charge is 2.12. The summed E-state index contributed by atoms with van der Waals surface area (Å²) in [4.78, 5) is 0. The van der Waals surface area contributed by atoms with Gasteiger partial charge in [-0.05, 0) is 17.5 Å². The average Bonchev–Trinajstić information content (AvgIpc) is 2.48. The molecule has 0 saturated carbocycles. The molecule has 0 spiro atoms. The lowest BCUT2D eigenvalue weighted by Gasteiger charge is -2.15. The molecule has 1 nitrogen and oxygen atoms in total. The second-order valence-corrected chi connectivity index (χ2v) is 5.09. The SMILES string of the molecule is CCCC[n+]1ccc(C(CC)c2ccccc2)cc1.[Cl-]. The van der Waals surface area contributed by atoms with Gasteiger partial charge >= 0.3 is 0 Å². The van der Waals surface area contributed by atoms with Crippen LogP contribution in [-0.4, -0.2) is 0 Å². The Balaban J connectivity index is 0.00000200. The van der Waals surface area contributed by atoms with Crippen LogP contribution in [0, 0.1) is 0 Å². The third-order valence-corrected chi connectivity index (χ3v) is 3.70. The van der Waals surface area contributed by atoms with Crippen LogP contribution in [0.2, 0.25) is 0 Å². The summed E-state index contributed by atoms with van der Waals surface area (Å²) in [6.45, 7) is 5.62. The van der Waals surface area contributed by atoms with Crippen LogP contribution in [0.3, 0.4) is 0 Å². The molecule has 20 heavy (non-hydrogen) atoms. The fourth-order valence-corrected chi connectivity index (χ4v) is 2.54. The zero-order valence-electron chi connectivity index (χ0n) is 12.4. The van der Waals surface area contributed by atoms with Crippen LogP contribution in [0.4, 0.5) is 0 Å². The molecule has 2 rings (SSSR count). The van der Waals surface area contributed by atoms with Crippen molar-refractivity contribution in [3.63, 3.8) is 0 Å². The van der Waals surface area contributed by atoms with Gasteiger partial charge < -0.3 is 12.4 Å². The highest BCUT2D eigenvalue weighted by molar-refractivity contribution is 5.30. The van der Waals surface area contributed by atoms with E-state index in [1.165, 1.54) is 24.0 Å². The van der Waals surface area contributed by atoms with Crippen LogP contribution in [0.1, 0.15) is 50.2 Å². The zero-order valence-corrected chi connectivity index (χ0v) is 13.2. The summed E-state index contributed by atoms with van der Waals surface area (Å²) in [6.07, 6.45) is 8.08. The van der Waals surface area contributed by atoms with E-state index in [-0.39, 0.29) is 12.4 Å². The van der Waals surface area contributed by atoms with Crippen molar-refractivity contribution in [2.45, 2.75) is 45.6 Å². The predicted octanol–water partition coefficient (Wildman–Crippen LogP) is 1.32. The molecule has 1 heterocycles. The number of aryl methyl sites for hydroxylation is 1. The number of hydrogen-bond donors (Lipinski definition) is 0. The van der Waals surface area contributed by atoms with Crippen molar-refractivity contribution in [1.29, 1.82) is 0 Å². The Morgan fingerprint density at radius 2 is 1.50 bits per heavy atom. The normalized spacial score (nSPS) is 11.7. The molecule has 0 amide bonds. The van der Waals surface area contributed by atoms with Crippen molar-refractivity contribution in [2.24, 2.45) is 0 Å². The average molecular weight is 290 g/mol. The number of unbranched alkanes of at least 4 members (excludes halogenated alkanes) is 1. The molecule has 1 atom stereocenters. The van der Waals surface area contributed by atoms with Gasteiger partial charge in [0.05, 0.1) is 0 Å².